The second-order valence-corrected chi connectivity index (χ2v) is 17.7. The van der Waals surface area contributed by atoms with Gasteiger partial charge in [-0.05, 0) is 122 Å². The Morgan fingerprint density at radius 2 is 1.55 bits per heavy atom. The summed E-state index contributed by atoms with van der Waals surface area (Å²) in [6.07, 6.45) is 11.3. The van der Waals surface area contributed by atoms with Crippen LogP contribution in [-0.2, 0) is 23.8 Å². The van der Waals surface area contributed by atoms with Crippen LogP contribution in [0.3, 0.4) is 0 Å². The Balaban J connectivity index is 1.45. The van der Waals surface area contributed by atoms with Crippen molar-refractivity contribution in [3.8, 4) is 5.75 Å². The Hall–Kier alpha value is -2.83. The van der Waals surface area contributed by atoms with Crippen molar-refractivity contribution in [2.75, 3.05) is 13.7 Å². The molecule has 0 heterocycles. The third-order valence-electron chi connectivity index (χ3n) is 14.7. The standard InChI is InChI=1S/C40H56O7/c1-25(41)47-32-16-17-37(6)30(36(32,4)5)15-18-38(7)31(37)14-13-28-29-23-35(2,3)19-20-39(29,34(44)45-8)21-22-40(28,38)24-46-33(43)26-9-11-27(42)12-10-26/h9-13,29-32,42H,14-24H2,1-8H3/t29-,30?,31-,32+,37+,38-,39+,40+/m1/s1. The molecule has 5 aliphatic rings. The molecule has 0 saturated heterocycles. The van der Waals surface area contributed by atoms with Crippen LogP contribution in [0.25, 0.3) is 0 Å². The Morgan fingerprint density at radius 3 is 2.21 bits per heavy atom. The average Bonchev–Trinajstić information content (AvgIpc) is 3.00. The summed E-state index contributed by atoms with van der Waals surface area (Å²) in [5.74, 6) is 0.158. The number of allylic oxidation sites excluding steroid dienone is 1. The summed E-state index contributed by atoms with van der Waals surface area (Å²) in [7, 11) is 1.53. The maximum atomic E-state index is 13.8. The van der Waals surface area contributed by atoms with Crippen LogP contribution in [0.1, 0.15) is 123 Å². The molecule has 7 nitrogen and oxygen atoms in total. The highest BCUT2D eigenvalue weighted by Gasteiger charge is 2.71. The lowest BCUT2D eigenvalue weighted by Gasteiger charge is -2.71. The molecule has 1 aromatic carbocycles. The molecular weight excluding hydrogens is 592 g/mol. The van der Waals surface area contributed by atoms with Gasteiger partial charge in [-0.25, -0.2) is 4.79 Å². The highest BCUT2D eigenvalue weighted by molar-refractivity contribution is 5.89. The van der Waals surface area contributed by atoms with Crippen LogP contribution in [-0.4, -0.2) is 42.8 Å². The Bertz CT molecular complexity index is 1460. The third kappa shape index (κ3) is 5.07. The van der Waals surface area contributed by atoms with E-state index in [1.54, 1.807) is 12.1 Å². The van der Waals surface area contributed by atoms with Crippen molar-refractivity contribution >= 4 is 17.9 Å². The molecule has 0 aromatic heterocycles. The summed E-state index contributed by atoms with van der Waals surface area (Å²) in [4.78, 5) is 39.5. The summed E-state index contributed by atoms with van der Waals surface area (Å²) in [5.41, 5.74) is 0.490. The molecule has 1 aromatic rings. The number of phenolic OH excluding ortho intramolecular Hbond substituents is 1. The number of esters is 3. The molecule has 0 radical (unpaired) electrons. The molecule has 0 aliphatic heterocycles. The number of ether oxygens (including phenoxy) is 3. The van der Waals surface area contributed by atoms with E-state index in [2.05, 4.69) is 47.6 Å². The van der Waals surface area contributed by atoms with Crippen LogP contribution in [0.2, 0.25) is 0 Å². The molecule has 1 unspecified atom stereocenters. The number of hydrogen-bond donors (Lipinski definition) is 1. The van der Waals surface area contributed by atoms with Gasteiger partial charge in [0.25, 0.3) is 0 Å². The fourth-order valence-electron chi connectivity index (χ4n) is 12.2. The van der Waals surface area contributed by atoms with Gasteiger partial charge in [0.05, 0.1) is 18.1 Å². The van der Waals surface area contributed by atoms with E-state index in [1.807, 2.05) is 0 Å². The fraction of sp³-hybridized carbons (Fsp3) is 0.725. The maximum Gasteiger partial charge on any atom is 0.338 e. The second-order valence-electron chi connectivity index (χ2n) is 17.7. The number of fused-ring (bicyclic) bond motifs is 7. The van der Waals surface area contributed by atoms with Gasteiger partial charge in [0.2, 0.25) is 0 Å². The highest BCUT2D eigenvalue weighted by atomic mass is 16.5. The number of phenols is 1. The highest BCUT2D eigenvalue weighted by Crippen LogP contribution is 2.76. The van der Waals surface area contributed by atoms with E-state index in [-0.39, 0.29) is 63.9 Å². The van der Waals surface area contributed by atoms with Gasteiger partial charge in [-0.15, -0.1) is 0 Å². The van der Waals surface area contributed by atoms with E-state index >= 15 is 0 Å². The van der Waals surface area contributed by atoms with Gasteiger partial charge in [0.1, 0.15) is 18.5 Å². The molecule has 0 bridgehead atoms. The number of benzene rings is 1. The molecule has 8 atom stereocenters. The predicted octanol–water partition coefficient (Wildman–Crippen LogP) is 8.44. The first kappa shape index (κ1) is 34.0. The first-order chi connectivity index (χ1) is 22.0. The lowest BCUT2D eigenvalue weighted by molar-refractivity contribution is -0.220. The topological polar surface area (TPSA) is 99.1 Å². The zero-order chi connectivity index (χ0) is 34.2. The molecule has 47 heavy (non-hydrogen) atoms. The van der Waals surface area contributed by atoms with E-state index in [9.17, 15) is 19.5 Å². The molecule has 7 heteroatoms. The van der Waals surface area contributed by atoms with E-state index in [4.69, 9.17) is 14.2 Å². The molecule has 4 saturated carbocycles. The summed E-state index contributed by atoms with van der Waals surface area (Å²) in [6.45, 7) is 15.9. The van der Waals surface area contributed by atoms with Gasteiger partial charge in [-0.2, -0.15) is 0 Å². The SMILES string of the molecule is COC(=O)[C@]12CCC(C)(C)C[C@@H]1C1=CC[C@@H]3[C@@]4(C)CC[C@H](OC(C)=O)C(C)(C)C4CC[C@@]3(C)[C@]1(COC(=O)c1ccc(O)cc1)CC2. The van der Waals surface area contributed by atoms with Crippen molar-refractivity contribution in [1.82, 2.24) is 0 Å². The van der Waals surface area contributed by atoms with Crippen molar-refractivity contribution in [1.29, 1.82) is 0 Å². The zero-order valence-electron chi connectivity index (χ0n) is 29.9. The monoisotopic (exact) mass is 648 g/mol. The van der Waals surface area contributed by atoms with Crippen molar-refractivity contribution in [3.63, 3.8) is 0 Å². The molecule has 0 spiro atoms. The third-order valence-corrected chi connectivity index (χ3v) is 14.7. The van der Waals surface area contributed by atoms with Gasteiger partial charge >= 0.3 is 17.9 Å². The van der Waals surface area contributed by atoms with Crippen LogP contribution in [0, 0.1) is 50.2 Å². The van der Waals surface area contributed by atoms with E-state index < -0.39 is 10.8 Å². The summed E-state index contributed by atoms with van der Waals surface area (Å²) in [6, 6.07) is 6.26. The van der Waals surface area contributed by atoms with Crippen LogP contribution in [0.4, 0.5) is 0 Å². The lowest BCUT2D eigenvalue weighted by Crippen LogP contribution is -2.67. The second kappa shape index (κ2) is 11.4. The number of rotatable bonds is 5. The quantitative estimate of drug-likeness (QED) is 0.194. The average molecular weight is 649 g/mol. The summed E-state index contributed by atoms with van der Waals surface area (Å²) in [5, 5.41) is 9.82. The summed E-state index contributed by atoms with van der Waals surface area (Å²) < 4.78 is 17.9. The first-order valence-corrected chi connectivity index (χ1v) is 17.9. The maximum absolute atomic E-state index is 13.8. The predicted molar refractivity (Wildman–Crippen MR) is 179 cm³/mol. The molecular formula is C40H56O7. The van der Waals surface area contributed by atoms with Gasteiger partial charge < -0.3 is 19.3 Å². The minimum absolute atomic E-state index is 0.00582. The van der Waals surface area contributed by atoms with E-state index in [1.165, 1.54) is 31.7 Å². The first-order valence-electron chi connectivity index (χ1n) is 17.9. The molecule has 4 fully saturated rings. The number of carbonyl (C=O) groups is 3. The van der Waals surface area contributed by atoms with Crippen LogP contribution < -0.4 is 0 Å². The van der Waals surface area contributed by atoms with Gasteiger partial charge in [-0.1, -0.05) is 53.2 Å². The number of hydrogen-bond acceptors (Lipinski definition) is 7. The Morgan fingerprint density at radius 1 is 0.872 bits per heavy atom. The number of carbonyl (C=O) groups excluding carboxylic acids is 3. The Labute approximate surface area is 281 Å². The minimum Gasteiger partial charge on any atom is -0.508 e. The van der Waals surface area contributed by atoms with Gasteiger partial charge in [0, 0.05) is 17.8 Å². The zero-order valence-corrected chi connectivity index (χ0v) is 29.9. The minimum atomic E-state index is -0.561. The molecule has 258 valence electrons. The summed E-state index contributed by atoms with van der Waals surface area (Å²) >= 11 is 0. The number of methoxy groups -OCH3 is 1. The number of aromatic hydroxyl groups is 1. The normalized spacial score (nSPS) is 39.9. The van der Waals surface area contributed by atoms with Gasteiger partial charge in [-0.3, -0.25) is 9.59 Å². The van der Waals surface area contributed by atoms with Crippen molar-refractivity contribution in [2.45, 2.75) is 119 Å². The fourth-order valence-corrected chi connectivity index (χ4v) is 12.2. The van der Waals surface area contributed by atoms with Crippen LogP contribution in [0.15, 0.2) is 35.9 Å². The molecule has 5 aliphatic carbocycles. The smallest absolute Gasteiger partial charge is 0.338 e. The van der Waals surface area contributed by atoms with Crippen LogP contribution >= 0.6 is 0 Å². The largest absolute Gasteiger partial charge is 0.508 e. The van der Waals surface area contributed by atoms with Crippen molar-refractivity contribution in [2.24, 2.45) is 50.2 Å². The molecule has 1 N–H and O–H groups in total. The van der Waals surface area contributed by atoms with E-state index in [0.717, 1.165) is 64.2 Å². The molecule has 0 amide bonds. The van der Waals surface area contributed by atoms with Gasteiger partial charge in [0.15, 0.2) is 0 Å². The van der Waals surface area contributed by atoms with Crippen molar-refractivity contribution < 1.29 is 33.7 Å². The van der Waals surface area contributed by atoms with Crippen molar-refractivity contribution in [3.05, 3.63) is 41.5 Å². The molecule has 6 rings (SSSR count). The van der Waals surface area contributed by atoms with E-state index in [0.29, 0.717) is 17.4 Å². The lowest BCUT2D eigenvalue weighted by atomic mass is 9.33. The Kier molecular flexibility index (Phi) is 8.24. The van der Waals surface area contributed by atoms with Crippen LogP contribution in [0.5, 0.6) is 5.75 Å².